The predicted molar refractivity (Wildman–Crippen MR) is 99.2 cm³/mol. The van der Waals surface area contributed by atoms with Crippen molar-refractivity contribution in [2.45, 2.75) is 19.0 Å². The molecule has 1 aliphatic rings. The van der Waals surface area contributed by atoms with Crippen LogP contribution in [-0.4, -0.2) is 24.0 Å². The first-order chi connectivity index (χ1) is 13.2. The fourth-order valence-corrected chi connectivity index (χ4v) is 3.47. The molecule has 1 amide bonds. The molecule has 2 aromatic rings. The number of nitrogens with zero attached hydrogens (tertiary/aromatic N) is 2. The van der Waals surface area contributed by atoms with Gasteiger partial charge in [-0.2, -0.15) is 13.2 Å². The molecule has 0 radical (unpaired) electrons. The van der Waals surface area contributed by atoms with E-state index in [2.05, 4.69) is 10.3 Å². The van der Waals surface area contributed by atoms with Crippen LogP contribution in [0.3, 0.4) is 0 Å². The van der Waals surface area contributed by atoms with E-state index in [1.165, 1.54) is 18.2 Å². The second kappa shape index (κ2) is 8.13. The molecule has 28 heavy (non-hydrogen) atoms. The highest BCUT2D eigenvalue weighted by atomic mass is 35.5. The zero-order valence-corrected chi connectivity index (χ0v) is 15.9. The third-order valence-electron chi connectivity index (χ3n) is 4.52. The molecule has 1 saturated heterocycles. The molecular formula is C18H15Cl2F4N3O. The lowest BCUT2D eigenvalue weighted by atomic mass is 9.95. The third-order valence-corrected chi connectivity index (χ3v) is 5.09. The summed E-state index contributed by atoms with van der Waals surface area (Å²) in [7, 11) is 0. The Balaban J connectivity index is 1.63. The zero-order chi connectivity index (χ0) is 20.5. The summed E-state index contributed by atoms with van der Waals surface area (Å²) in [4.78, 5) is 18.0. The minimum Gasteiger partial charge on any atom is -0.355 e. The second-order valence-corrected chi connectivity index (χ2v) is 7.19. The largest absolute Gasteiger partial charge is 0.417 e. The van der Waals surface area contributed by atoms with Gasteiger partial charge >= 0.3 is 6.18 Å². The summed E-state index contributed by atoms with van der Waals surface area (Å²) in [5.41, 5.74) is -0.911. The van der Waals surface area contributed by atoms with Crippen LogP contribution in [0.2, 0.25) is 10.0 Å². The molecule has 1 N–H and O–H groups in total. The van der Waals surface area contributed by atoms with Crippen molar-refractivity contribution in [2.24, 2.45) is 5.92 Å². The third kappa shape index (κ3) is 4.50. The monoisotopic (exact) mass is 435 g/mol. The van der Waals surface area contributed by atoms with E-state index >= 15 is 0 Å². The van der Waals surface area contributed by atoms with Crippen LogP contribution < -0.4 is 10.2 Å². The van der Waals surface area contributed by atoms with Gasteiger partial charge in [-0.1, -0.05) is 29.3 Å². The number of amides is 1. The molecule has 0 unspecified atom stereocenters. The van der Waals surface area contributed by atoms with E-state index in [-0.39, 0.29) is 33.4 Å². The van der Waals surface area contributed by atoms with Crippen molar-refractivity contribution in [3.05, 3.63) is 51.9 Å². The van der Waals surface area contributed by atoms with Gasteiger partial charge in [-0.25, -0.2) is 9.37 Å². The Morgan fingerprint density at radius 2 is 1.86 bits per heavy atom. The summed E-state index contributed by atoms with van der Waals surface area (Å²) in [6, 6.07) is 5.17. The van der Waals surface area contributed by atoms with E-state index in [0.29, 0.717) is 25.9 Å². The van der Waals surface area contributed by atoms with Gasteiger partial charge in [0, 0.05) is 25.2 Å². The van der Waals surface area contributed by atoms with Gasteiger partial charge in [-0.05, 0) is 31.0 Å². The standard InChI is InChI=1S/C18H15Cl2F4N3O/c19-12-2-1-3-14(15(12)21)26-17(28)10-4-6-27(7-5-10)16-13(20)8-11(9-25-16)18(22,23)24/h1-3,8-10H,4-7H2,(H,26,28). The smallest absolute Gasteiger partial charge is 0.355 e. The molecule has 0 saturated carbocycles. The highest BCUT2D eigenvalue weighted by Crippen LogP contribution is 2.35. The Kier molecular flexibility index (Phi) is 6.00. The van der Waals surface area contributed by atoms with Crippen LogP contribution in [0.4, 0.5) is 29.1 Å². The van der Waals surface area contributed by atoms with Crippen molar-refractivity contribution < 1.29 is 22.4 Å². The summed E-state index contributed by atoms with van der Waals surface area (Å²) in [5.74, 6) is -1.17. The maximum Gasteiger partial charge on any atom is 0.417 e. The quantitative estimate of drug-likeness (QED) is 0.656. The van der Waals surface area contributed by atoms with Crippen molar-refractivity contribution in [2.75, 3.05) is 23.3 Å². The van der Waals surface area contributed by atoms with E-state index in [9.17, 15) is 22.4 Å². The Labute approximate surface area is 168 Å². The minimum atomic E-state index is -4.52. The molecule has 3 rings (SSSR count). The SMILES string of the molecule is O=C(Nc1cccc(Cl)c1F)C1CCN(c2ncc(C(F)(F)F)cc2Cl)CC1. The number of rotatable bonds is 3. The summed E-state index contributed by atoms with van der Waals surface area (Å²) in [6.45, 7) is 0.766. The molecule has 0 spiro atoms. The van der Waals surface area contributed by atoms with Crippen molar-refractivity contribution in [1.82, 2.24) is 4.98 Å². The molecule has 1 aromatic carbocycles. The Morgan fingerprint density at radius 1 is 1.18 bits per heavy atom. The highest BCUT2D eigenvalue weighted by Gasteiger charge is 2.33. The molecule has 1 aliphatic heterocycles. The van der Waals surface area contributed by atoms with Crippen molar-refractivity contribution >= 4 is 40.6 Å². The Morgan fingerprint density at radius 3 is 2.46 bits per heavy atom. The zero-order valence-electron chi connectivity index (χ0n) is 14.4. The van der Waals surface area contributed by atoms with Gasteiger partial charge in [-0.15, -0.1) is 0 Å². The predicted octanol–water partition coefficient (Wildman–Crippen LogP) is 5.40. The van der Waals surface area contributed by atoms with Crippen LogP contribution in [-0.2, 0) is 11.0 Å². The van der Waals surface area contributed by atoms with Gasteiger partial charge in [0.15, 0.2) is 5.82 Å². The van der Waals surface area contributed by atoms with Crippen LogP contribution in [0.25, 0.3) is 0 Å². The molecule has 0 aliphatic carbocycles. The molecule has 10 heteroatoms. The first-order valence-corrected chi connectivity index (χ1v) is 9.15. The van der Waals surface area contributed by atoms with Crippen molar-refractivity contribution in [3.63, 3.8) is 0 Å². The average molecular weight is 436 g/mol. The lowest BCUT2D eigenvalue weighted by Gasteiger charge is -2.32. The average Bonchev–Trinajstić information content (AvgIpc) is 2.65. The van der Waals surface area contributed by atoms with E-state index in [1.807, 2.05) is 0 Å². The number of anilines is 2. The van der Waals surface area contributed by atoms with Gasteiger partial charge in [0.1, 0.15) is 5.82 Å². The summed E-state index contributed by atoms with van der Waals surface area (Å²) < 4.78 is 52.1. The topological polar surface area (TPSA) is 45.2 Å². The number of carbonyl (C=O) groups excluding carboxylic acids is 1. The fraction of sp³-hybridized carbons (Fsp3) is 0.333. The van der Waals surface area contributed by atoms with Gasteiger partial charge in [0.05, 0.1) is 21.3 Å². The first kappa shape index (κ1) is 20.7. The molecule has 4 nitrogen and oxygen atoms in total. The molecule has 1 aromatic heterocycles. The molecule has 2 heterocycles. The first-order valence-electron chi connectivity index (χ1n) is 8.39. The maximum absolute atomic E-state index is 13.9. The van der Waals surface area contributed by atoms with Crippen molar-refractivity contribution in [1.29, 1.82) is 0 Å². The van der Waals surface area contributed by atoms with Crippen LogP contribution >= 0.6 is 23.2 Å². The van der Waals surface area contributed by atoms with Crippen LogP contribution in [0.15, 0.2) is 30.5 Å². The van der Waals surface area contributed by atoms with E-state index < -0.39 is 17.6 Å². The summed E-state index contributed by atoms with van der Waals surface area (Å²) in [6.07, 6.45) is -2.93. The van der Waals surface area contributed by atoms with E-state index in [1.54, 1.807) is 4.90 Å². The number of pyridine rings is 1. The van der Waals surface area contributed by atoms with Crippen LogP contribution in [0.5, 0.6) is 0 Å². The Bertz CT molecular complexity index is 884. The van der Waals surface area contributed by atoms with E-state index in [4.69, 9.17) is 23.2 Å². The molecule has 0 bridgehead atoms. The number of carbonyl (C=O) groups is 1. The summed E-state index contributed by atoms with van der Waals surface area (Å²) in [5, 5.41) is 2.34. The number of alkyl halides is 3. The number of aromatic nitrogens is 1. The van der Waals surface area contributed by atoms with Gasteiger partial charge in [0.2, 0.25) is 5.91 Å². The normalized spacial score (nSPS) is 15.6. The van der Waals surface area contributed by atoms with Gasteiger partial charge in [0.25, 0.3) is 0 Å². The van der Waals surface area contributed by atoms with Crippen LogP contribution in [0, 0.1) is 11.7 Å². The maximum atomic E-state index is 13.9. The van der Waals surface area contributed by atoms with E-state index in [0.717, 1.165) is 12.3 Å². The number of halogens is 6. The number of benzene rings is 1. The fourth-order valence-electron chi connectivity index (χ4n) is 3.01. The second-order valence-electron chi connectivity index (χ2n) is 6.38. The van der Waals surface area contributed by atoms with Crippen molar-refractivity contribution in [3.8, 4) is 0 Å². The molecule has 150 valence electrons. The molecule has 0 atom stereocenters. The van der Waals surface area contributed by atoms with Gasteiger partial charge in [-0.3, -0.25) is 4.79 Å². The lowest BCUT2D eigenvalue weighted by Crippen LogP contribution is -2.38. The Hall–Kier alpha value is -2.06. The number of nitrogens with one attached hydrogen (secondary N) is 1. The molecular weight excluding hydrogens is 421 g/mol. The lowest BCUT2D eigenvalue weighted by molar-refractivity contribution is -0.137. The van der Waals surface area contributed by atoms with Gasteiger partial charge < -0.3 is 10.2 Å². The minimum absolute atomic E-state index is 0.00683. The number of hydrogen-bond acceptors (Lipinski definition) is 3. The molecule has 1 fully saturated rings. The number of piperidine rings is 1. The number of hydrogen-bond donors (Lipinski definition) is 1. The van der Waals surface area contributed by atoms with Crippen LogP contribution in [0.1, 0.15) is 18.4 Å². The summed E-state index contributed by atoms with van der Waals surface area (Å²) >= 11 is 11.7. The highest BCUT2D eigenvalue weighted by molar-refractivity contribution is 6.33.